The quantitative estimate of drug-likeness (QED) is 0.812. The molecule has 2 N–H and O–H groups in total. The minimum absolute atomic E-state index is 0.0760. The number of pyridine rings is 1. The van der Waals surface area contributed by atoms with E-state index < -0.39 is 5.82 Å². The summed E-state index contributed by atoms with van der Waals surface area (Å²) in [6.45, 7) is 0.932. The first-order valence-electron chi connectivity index (χ1n) is 5.83. The molecule has 1 aromatic rings. The second-order valence-electron chi connectivity index (χ2n) is 4.99. The Morgan fingerprint density at radius 1 is 1.53 bits per heavy atom. The maximum Gasteiger partial charge on any atom is 0.242 e. The van der Waals surface area contributed by atoms with E-state index in [4.69, 9.17) is 0 Å². The van der Waals surface area contributed by atoms with Crippen LogP contribution in [0.1, 0.15) is 19.3 Å². The highest BCUT2D eigenvalue weighted by Crippen LogP contribution is 2.51. The summed E-state index contributed by atoms with van der Waals surface area (Å²) in [4.78, 5) is 15.7. The summed E-state index contributed by atoms with van der Waals surface area (Å²) < 4.78 is 12.6. The van der Waals surface area contributed by atoms with Crippen LogP contribution in [0.3, 0.4) is 0 Å². The van der Waals surface area contributed by atoms with E-state index >= 15 is 0 Å². The number of aromatic nitrogens is 1. The van der Waals surface area contributed by atoms with Crippen molar-refractivity contribution in [1.82, 2.24) is 10.3 Å². The fourth-order valence-corrected chi connectivity index (χ4v) is 2.32. The predicted octanol–water partition coefficient (Wildman–Crippen LogP) is 1.30. The van der Waals surface area contributed by atoms with Crippen molar-refractivity contribution in [3.8, 4) is 0 Å². The van der Waals surface area contributed by atoms with Gasteiger partial charge in [-0.1, -0.05) is 0 Å². The summed E-state index contributed by atoms with van der Waals surface area (Å²) in [6.07, 6.45) is 4.44. The molecular weight excluding hydrogens is 221 g/mol. The Hall–Kier alpha value is -1.49. The summed E-state index contributed by atoms with van der Waals surface area (Å²) in [5, 5.41) is 5.92. The molecule has 0 aromatic carbocycles. The fraction of sp³-hybridized carbons (Fsp3) is 0.500. The number of nitrogens with one attached hydrogen (secondary N) is 2. The topological polar surface area (TPSA) is 54.0 Å². The van der Waals surface area contributed by atoms with Crippen molar-refractivity contribution in [2.45, 2.75) is 25.3 Å². The normalized spacial score (nSPS) is 24.9. The fourth-order valence-electron chi connectivity index (χ4n) is 2.32. The third kappa shape index (κ3) is 2.15. The minimum Gasteiger partial charge on any atom is -0.309 e. The lowest BCUT2D eigenvalue weighted by atomic mass is 10.0. The van der Waals surface area contributed by atoms with Crippen LogP contribution in [0.15, 0.2) is 18.3 Å². The standard InChI is InChI=1S/C12H14FN3O/c13-8-1-2-10(14-6-8)16-11(17)9-5-12(3-4-12)7-15-9/h1-2,6,9,15H,3-5,7H2,(H,14,16,17)/t9-/m0/s1. The van der Waals surface area contributed by atoms with Gasteiger partial charge in [0, 0.05) is 6.54 Å². The Kier molecular flexibility index (Phi) is 2.36. The molecular formula is C12H14FN3O. The van der Waals surface area contributed by atoms with E-state index in [9.17, 15) is 9.18 Å². The Bertz CT molecular complexity index is 442. The zero-order valence-corrected chi connectivity index (χ0v) is 9.37. The average Bonchev–Trinajstić information content (AvgIpc) is 2.92. The number of carbonyl (C=O) groups is 1. The van der Waals surface area contributed by atoms with Gasteiger partial charge in [-0.25, -0.2) is 9.37 Å². The molecule has 1 atom stereocenters. The number of anilines is 1. The third-order valence-corrected chi connectivity index (χ3v) is 3.61. The minimum atomic E-state index is -0.404. The molecule has 3 rings (SSSR count). The molecule has 2 aliphatic rings. The molecule has 2 fully saturated rings. The summed E-state index contributed by atoms with van der Waals surface area (Å²) >= 11 is 0. The van der Waals surface area contributed by atoms with Crippen molar-refractivity contribution < 1.29 is 9.18 Å². The summed E-state index contributed by atoms with van der Waals surface area (Å²) in [6, 6.07) is 2.62. The molecule has 0 unspecified atom stereocenters. The van der Waals surface area contributed by atoms with Gasteiger partial charge in [0.05, 0.1) is 12.2 Å². The molecule has 4 nitrogen and oxygen atoms in total. The molecule has 1 amide bonds. The second kappa shape index (κ2) is 3.77. The lowest BCUT2D eigenvalue weighted by Gasteiger charge is -2.10. The van der Waals surface area contributed by atoms with E-state index in [1.807, 2.05) is 0 Å². The number of hydrogen-bond donors (Lipinski definition) is 2. The molecule has 17 heavy (non-hydrogen) atoms. The molecule has 5 heteroatoms. The third-order valence-electron chi connectivity index (χ3n) is 3.61. The lowest BCUT2D eigenvalue weighted by Crippen LogP contribution is -2.35. The molecule has 1 saturated carbocycles. The monoisotopic (exact) mass is 235 g/mol. The van der Waals surface area contributed by atoms with E-state index in [2.05, 4.69) is 15.6 Å². The van der Waals surface area contributed by atoms with Crippen LogP contribution in [0.2, 0.25) is 0 Å². The highest BCUT2D eigenvalue weighted by atomic mass is 19.1. The van der Waals surface area contributed by atoms with E-state index in [1.54, 1.807) is 0 Å². The highest BCUT2D eigenvalue weighted by molar-refractivity contribution is 5.94. The van der Waals surface area contributed by atoms with Crippen LogP contribution in [0.25, 0.3) is 0 Å². The maximum absolute atomic E-state index is 12.6. The van der Waals surface area contributed by atoms with Gasteiger partial charge in [0.2, 0.25) is 5.91 Å². The van der Waals surface area contributed by atoms with Gasteiger partial charge in [-0.3, -0.25) is 4.79 Å². The van der Waals surface area contributed by atoms with Crippen LogP contribution < -0.4 is 10.6 Å². The Morgan fingerprint density at radius 2 is 2.35 bits per heavy atom. The number of halogens is 1. The van der Waals surface area contributed by atoms with Crippen LogP contribution in [-0.2, 0) is 4.79 Å². The van der Waals surface area contributed by atoms with E-state index in [-0.39, 0.29) is 11.9 Å². The molecule has 90 valence electrons. The molecule has 0 radical (unpaired) electrons. The molecule has 1 aromatic heterocycles. The Balaban J connectivity index is 1.61. The summed E-state index contributed by atoms with van der Waals surface area (Å²) in [5.74, 6) is -0.0817. The van der Waals surface area contributed by atoms with Gasteiger partial charge in [-0.05, 0) is 36.8 Å². The zero-order chi connectivity index (χ0) is 11.9. The maximum atomic E-state index is 12.6. The lowest BCUT2D eigenvalue weighted by molar-refractivity contribution is -0.117. The van der Waals surface area contributed by atoms with Crippen molar-refractivity contribution in [2.24, 2.45) is 5.41 Å². The molecule has 1 aliphatic carbocycles. The van der Waals surface area contributed by atoms with Crippen LogP contribution in [0, 0.1) is 11.2 Å². The van der Waals surface area contributed by atoms with E-state index in [1.165, 1.54) is 25.0 Å². The van der Waals surface area contributed by atoms with Crippen LogP contribution in [-0.4, -0.2) is 23.5 Å². The molecule has 0 bridgehead atoms. The molecule has 1 saturated heterocycles. The zero-order valence-electron chi connectivity index (χ0n) is 9.37. The Labute approximate surface area is 98.6 Å². The first-order chi connectivity index (χ1) is 8.17. The first kappa shape index (κ1) is 10.7. The summed E-state index contributed by atoms with van der Waals surface area (Å²) in [5.41, 5.74) is 0.387. The average molecular weight is 235 g/mol. The number of carbonyl (C=O) groups excluding carboxylic acids is 1. The van der Waals surface area contributed by atoms with Crippen LogP contribution in [0.4, 0.5) is 10.2 Å². The largest absolute Gasteiger partial charge is 0.309 e. The number of amides is 1. The molecule has 1 spiro atoms. The van der Waals surface area contributed by atoms with Gasteiger partial charge in [-0.2, -0.15) is 0 Å². The summed E-state index contributed by atoms with van der Waals surface area (Å²) in [7, 11) is 0. The van der Waals surface area contributed by atoms with Gasteiger partial charge in [0.25, 0.3) is 0 Å². The first-order valence-corrected chi connectivity index (χ1v) is 5.83. The second-order valence-corrected chi connectivity index (χ2v) is 4.99. The Morgan fingerprint density at radius 3 is 2.94 bits per heavy atom. The molecule has 1 aliphatic heterocycles. The van der Waals surface area contributed by atoms with Gasteiger partial charge in [-0.15, -0.1) is 0 Å². The van der Waals surface area contributed by atoms with Crippen LogP contribution in [0.5, 0.6) is 0 Å². The smallest absolute Gasteiger partial charge is 0.242 e. The van der Waals surface area contributed by atoms with Gasteiger partial charge < -0.3 is 10.6 Å². The van der Waals surface area contributed by atoms with Gasteiger partial charge >= 0.3 is 0 Å². The SMILES string of the molecule is O=C(Nc1ccc(F)cn1)[C@@H]1CC2(CC2)CN1. The van der Waals surface area contributed by atoms with Crippen molar-refractivity contribution >= 4 is 11.7 Å². The predicted molar refractivity (Wildman–Crippen MR) is 60.9 cm³/mol. The molecule has 2 heterocycles. The van der Waals surface area contributed by atoms with Crippen LogP contribution >= 0.6 is 0 Å². The van der Waals surface area contributed by atoms with Crippen molar-refractivity contribution in [3.05, 3.63) is 24.1 Å². The van der Waals surface area contributed by atoms with E-state index in [0.717, 1.165) is 19.2 Å². The van der Waals surface area contributed by atoms with Crippen molar-refractivity contribution in [2.75, 3.05) is 11.9 Å². The van der Waals surface area contributed by atoms with Crippen molar-refractivity contribution in [3.63, 3.8) is 0 Å². The number of nitrogens with zero attached hydrogens (tertiary/aromatic N) is 1. The van der Waals surface area contributed by atoms with Gasteiger partial charge in [0.1, 0.15) is 11.6 Å². The van der Waals surface area contributed by atoms with Crippen molar-refractivity contribution in [1.29, 1.82) is 0 Å². The highest BCUT2D eigenvalue weighted by Gasteiger charge is 2.49. The number of rotatable bonds is 2. The van der Waals surface area contributed by atoms with E-state index in [0.29, 0.717) is 11.2 Å². The van der Waals surface area contributed by atoms with Gasteiger partial charge in [0.15, 0.2) is 0 Å². The number of hydrogen-bond acceptors (Lipinski definition) is 3.